The third-order valence-corrected chi connectivity index (χ3v) is 4.17. The second-order valence-corrected chi connectivity index (χ2v) is 5.74. The molecule has 0 bridgehead atoms. The highest BCUT2D eigenvalue weighted by Crippen LogP contribution is 2.29. The normalized spacial score (nSPS) is 21.5. The van der Waals surface area contributed by atoms with E-state index in [2.05, 4.69) is 11.4 Å². The van der Waals surface area contributed by atoms with Gasteiger partial charge >= 0.3 is 0 Å². The van der Waals surface area contributed by atoms with Crippen LogP contribution in [0.2, 0.25) is 5.02 Å². The fourth-order valence-electron chi connectivity index (χ4n) is 2.85. The van der Waals surface area contributed by atoms with Crippen molar-refractivity contribution in [3.8, 4) is 0 Å². The standard InChI is InChI=1S/C17H18ClNO/c18-14-6-3-4-12(10-14)11-19-16-9-8-13-5-1-2-7-15(13)17(16)20/h1-7,10,16-17,19-20H,8-9,11H2/t16-,17-/m0/s1. The molecule has 2 N–H and O–H groups in total. The molecule has 2 aromatic rings. The van der Waals surface area contributed by atoms with Gasteiger partial charge in [-0.05, 0) is 41.7 Å². The fraction of sp³-hybridized carbons (Fsp3) is 0.294. The summed E-state index contributed by atoms with van der Waals surface area (Å²) >= 11 is 5.98. The van der Waals surface area contributed by atoms with Gasteiger partial charge in [0.25, 0.3) is 0 Å². The maximum absolute atomic E-state index is 10.5. The van der Waals surface area contributed by atoms with Gasteiger partial charge in [0.05, 0.1) is 6.10 Å². The molecule has 20 heavy (non-hydrogen) atoms. The number of hydrogen-bond donors (Lipinski definition) is 2. The summed E-state index contributed by atoms with van der Waals surface area (Å²) in [6, 6.07) is 16.1. The van der Waals surface area contributed by atoms with Crippen molar-refractivity contribution in [2.45, 2.75) is 31.5 Å². The molecule has 0 saturated carbocycles. The molecule has 2 aromatic carbocycles. The first-order valence-electron chi connectivity index (χ1n) is 6.98. The number of hydrogen-bond acceptors (Lipinski definition) is 2. The Bertz CT molecular complexity index is 599. The lowest BCUT2D eigenvalue weighted by Crippen LogP contribution is -2.37. The van der Waals surface area contributed by atoms with E-state index in [0.717, 1.165) is 35.5 Å². The van der Waals surface area contributed by atoms with Crippen LogP contribution in [0.5, 0.6) is 0 Å². The van der Waals surface area contributed by atoms with E-state index < -0.39 is 6.10 Å². The van der Waals surface area contributed by atoms with Gasteiger partial charge in [-0.15, -0.1) is 0 Å². The van der Waals surface area contributed by atoms with Gasteiger partial charge in [-0.25, -0.2) is 0 Å². The number of aliphatic hydroxyl groups excluding tert-OH is 1. The molecule has 0 unspecified atom stereocenters. The Morgan fingerprint density at radius 1 is 1.15 bits per heavy atom. The molecular weight excluding hydrogens is 270 g/mol. The first kappa shape index (κ1) is 13.6. The minimum Gasteiger partial charge on any atom is -0.387 e. The quantitative estimate of drug-likeness (QED) is 0.906. The number of nitrogens with one attached hydrogen (secondary N) is 1. The van der Waals surface area contributed by atoms with E-state index in [9.17, 15) is 5.11 Å². The van der Waals surface area contributed by atoms with Crippen molar-refractivity contribution in [1.82, 2.24) is 5.32 Å². The Labute approximate surface area is 124 Å². The zero-order valence-corrected chi connectivity index (χ0v) is 12.0. The lowest BCUT2D eigenvalue weighted by Gasteiger charge is -2.31. The molecule has 2 atom stereocenters. The SMILES string of the molecule is O[C@H]1c2ccccc2CC[C@@H]1NCc1cccc(Cl)c1. The average molecular weight is 288 g/mol. The van der Waals surface area contributed by atoms with Crippen molar-refractivity contribution < 1.29 is 5.11 Å². The minimum absolute atomic E-state index is 0.101. The van der Waals surface area contributed by atoms with Crippen LogP contribution in [0.15, 0.2) is 48.5 Å². The fourth-order valence-corrected chi connectivity index (χ4v) is 3.06. The summed E-state index contributed by atoms with van der Waals surface area (Å²) in [5.41, 5.74) is 3.46. The van der Waals surface area contributed by atoms with Crippen LogP contribution in [-0.4, -0.2) is 11.1 Å². The van der Waals surface area contributed by atoms with Crippen molar-refractivity contribution >= 4 is 11.6 Å². The van der Waals surface area contributed by atoms with Crippen LogP contribution in [0, 0.1) is 0 Å². The number of fused-ring (bicyclic) bond motifs is 1. The Kier molecular flexibility index (Phi) is 4.06. The highest BCUT2D eigenvalue weighted by molar-refractivity contribution is 6.30. The Morgan fingerprint density at radius 3 is 2.85 bits per heavy atom. The van der Waals surface area contributed by atoms with Crippen molar-refractivity contribution in [2.24, 2.45) is 0 Å². The summed E-state index contributed by atoms with van der Waals surface area (Å²) in [7, 11) is 0. The zero-order chi connectivity index (χ0) is 13.9. The van der Waals surface area contributed by atoms with Crippen LogP contribution in [0.3, 0.4) is 0 Å². The van der Waals surface area contributed by atoms with E-state index >= 15 is 0 Å². The molecule has 0 spiro atoms. The molecule has 0 heterocycles. The van der Waals surface area contributed by atoms with Crippen molar-refractivity contribution in [2.75, 3.05) is 0 Å². The topological polar surface area (TPSA) is 32.3 Å². The molecule has 1 aliphatic carbocycles. The molecule has 0 amide bonds. The molecule has 0 saturated heterocycles. The van der Waals surface area contributed by atoms with Gasteiger partial charge in [-0.3, -0.25) is 0 Å². The smallest absolute Gasteiger partial charge is 0.0945 e. The van der Waals surface area contributed by atoms with Crippen LogP contribution in [0.1, 0.15) is 29.2 Å². The number of rotatable bonds is 3. The Hall–Kier alpha value is -1.35. The third kappa shape index (κ3) is 2.88. The van der Waals surface area contributed by atoms with Crippen LogP contribution in [0.25, 0.3) is 0 Å². The molecule has 2 nitrogen and oxygen atoms in total. The van der Waals surface area contributed by atoms with Gasteiger partial charge in [-0.2, -0.15) is 0 Å². The Morgan fingerprint density at radius 2 is 2.00 bits per heavy atom. The van der Waals surface area contributed by atoms with E-state index in [-0.39, 0.29) is 6.04 Å². The van der Waals surface area contributed by atoms with E-state index in [1.165, 1.54) is 5.56 Å². The maximum atomic E-state index is 10.5. The minimum atomic E-state index is -0.431. The van der Waals surface area contributed by atoms with E-state index in [1.54, 1.807) is 0 Å². The highest BCUT2D eigenvalue weighted by atomic mass is 35.5. The van der Waals surface area contributed by atoms with Crippen LogP contribution >= 0.6 is 11.6 Å². The van der Waals surface area contributed by atoms with Crippen molar-refractivity contribution in [3.63, 3.8) is 0 Å². The van der Waals surface area contributed by atoms with Gasteiger partial charge in [0.2, 0.25) is 0 Å². The van der Waals surface area contributed by atoms with Gasteiger partial charge in [-0.1, -0.05) is 48.0 Å². The summed E-state index contributed by atoms with van der Waals surface area (Å²) in [4.78, 5) is 0. The summed E-state index contributed by atoms with van der Waals surface area (Å²) < 4.78 is 0. The predicted octanol–water partition coefficient (Wildman–Crippen LogP) is 3.48. The Balaban J connectivity index is 1.68. The molecular formula is C17H18ClNO. The first-order valence-corrected chi connectivity index (χ1v) is 7.35. The molecule has 3 rings (SSSR count). The average Bonchev–Trinajstić information content (AvgIpc) is 2.47. The van der Waals surface area contributed by atoms with Gasteiger partial charge < -0.3 is 10.4 Å². The second-order valence-electron chi connectivity index (χ2n) is 5.30. The molecule has 104 valence electrons. The number of benzene rings is 2. The molecule has 3 heteroatoms. The third-order valence-electron chi connectivity index (χ3n) is 3.94. The predicted molar refractivity (Wildman–Crippen MR) is 81.8 cm³/mol. The zero-order valence-electron chi connectivity index (χ0n) is 11.2. The summed E-state index contributed by atoms with van der Waals surface area (Å²) in [5.74, 6) is 0. The summed E-state index contributed by atoms with van der Waals surface area (Å²) in [6.07, 6.45) is 1.54. The molecule has 0 aliphatic heterocycles. The molecule has 0 radical (unpaired) electrons. The van der Waals surface area contributed by atoms with Crippen LogP contribution in [0.4, 0.5) is 0 Å². The molecule has 1 aliphatic rings. The largest absolute Gasteiger partial charge is 0.387 e. The van der Waals surface area contributed by atoms with E-state index in [1.807, 2.05) is 42.5 Å². The van der Waals surface area contributed by atoms with Crippen molar-refractivity contribution in [3.05, 3.63) is 70.2 Å². The van der Waals surface area contributed by atoms with Gasteiger partial charge in [0.15, 0.2) is 0 Å². The number of aryl methyl sites for hydroxylation is 1. The first-order chi connectivity index (χ1) is 9.74. The lowest BCUT2D eigenvalue weighted by atomic mass is 9.86. The van der Waals surface area contributed by atoms with Crippen molar-refractivity contribution in [1.29, 1.82) is 0 Å². The van der Waals surface area contributed by atoms with Crippen LogP contribution in [-0.2, 0) is 13.0 Å². The van der Waals surface area contributed by atoms with Gasteiger partial charge in [0.1, 0.15) is 0 Å². The summed E-state index contributed by atoms with van der Waals surface area (Å²) in [6.45, 7) is 0.727. The van der Waals surface area contributed by atoms with Gasteiger partial charge in [0, 0.05) is 17.6 Å². The summed E-state index contributed by atoms with van der Waals surface area (Å²) in [5, 5.41) is 14.7. The molecule has 0 aromatic heterocycles. The van der Waals surface area contributed by atoms with E-state index in [0.29, 0.717) is 0 Å². The lowest BCUT2D eigenvalue weighted by molar-refractivity contribution is 0.114. The highest BCUT2D eigenvalue weighted by Gasteiger charge is 2.26. The number of halogens is 1. The van der Waals surface area contributed by atoms with Crippen LogP contribution < -0.4 is 5.32 Å². The number of aliphatic hydroxyl groups is 1. The molecule has 0 fully saturated rings. The monoisotopic (exact) mass is 287 g/mol. The van der Waals surface area contributed by atoms with E-state index in [4.69, 9.17) is 11.6 Å². The second kappa shape index (κ2) is 5.96. The maximum Gasteiger partial charge on any atom is 0.0945 e.